The number of pyridine rings is 1. The van der Waals surface area contributed by atoms with E-state index in [1.807, 2.05) is 48.8 Å². The van der Waals surface area contributed by atoms with Crippen molar-refractivity contribution in [1.82, 2.24) is 14.9 Å². The molecule has 0 spiro atoms. The SMILES string of the molecule is O=C(O)C(c1c[nH]c2ccccc12)N1CCC(=C2c3ccc(Cl)cc3CCc3cccnc32)CC1. The number of hydrogen-bond donors (Lipinski definition) is 2. The lowest BCUT2D eigenvalue weighted by atomic mass is 9.88. The fraction of sp³-hybridized carbons (Fsp3) is 0.241. The molecule has 5 nitrogen and oxygen atoms in total. The summed E-state index contributed by atoms with van der Waals surface area (Å²) in [7, 11) is 0. The number of aliphatic carboxylic acids is 1. The van der Waals surface area contributed by atoms with Crippen molar-refractivity contribution in [2.24, 2.45) is 0 Å². The summed E-state index contributed by atoms with van der Waals surface area (Å²) in [5.41, 5.74) is 9.12. The number of carboxylic acid groups (broad SMARTS) is 1. The van der Waals surface area contributed by atoms with Crippen LogP contribution in [-0.2, 0) is 17.6 Å². The molecule has 1 unspecified atom stereocenters. The quantitative estimate of drug-likeness (QED) is 0.373. The number of benzene rings is 2. The predicted octanol–water partition coefficient (Wildman–Crippen LogP) is 6.04. The van der Waals surface area contributed by atoms with Crippen LogP contribution in [0.2, 0.25) is 5.02 Å². The summed E-state index contributed by atoms with van der Waals surface area (Å²) in [6.07, 6.45) is 7.19. The predicted molar refractivity (Wildman–Crippen MR) is 139 cm³/mol. The third-order valence-corrected chi connectivity index (χ3v) is 7.63. The van der Waals surface area contributed by atoms with E-state index in [1.165, 1.54) is 27.8 Å². The van der Waals surface area contributed by atoms with Crippen LogP contribution in [0.25, 0.3) is 16.5 Å². The molecule has 2 N–H and O–H groups in total. The van der Waals surface area contributed by atoms with Crippen LogP contribution >= 0.6 is 11.6 Å². The average Bonchev–Trinajstić information content (AvgIpc) is 3.21. The number of H-pyrrole nitrogens is 1. The molecule has 2 aliphatic rings. The second-order valence-electron chi connectivity index (χ2n) is 9.36. The Hall–Kier alpha value is -3.41. The Kier molecular flexibility index (Phi) is 5.67. The number of fused-ring (bicyclic) bond motifs is 3. The summed E-state index contributed by atoms with van der Waals surface area (Å²) in [6, 6.07) is 17.6. The number of aryl methyl sites for hydroxylation is 2. The molecular weight excluding hydrogens is 458 g/mol. The Morgan fingerprint density at radius 2 is 1.80 bits per heavy atom. The zero-order chi connectivity index (χ0) is 23.9. The zero-order valence-corrected chi connectivity index (χ0v) is 20.1. The molecule has 35 heavy (non-hydrogen) atoms. The minimum atomic E-state index is -0.813. The fourth-order valence-electron chi connectivity index (χ4n) is 5.74. The Bertz CT molecular complexity index is 1460. The highest BCUT2D eigenvalue weighted by Crippen LogP contribution is 2.40. The van der Waals surface area contributed by atoms with Gasteiger partial charge >= 0.3 is 5.97 Å². The summed E-state index contributed by atoms with van der Waals surface area (Å²) >= 11 is 6.35. The highest BCUT2D eigenvalue weighted by Gasteiger charge is 2.33. The van der Waals surface area contributed by atoms with Crippen LogP contribution < -0.4 is 0 Å². The van der Waals surface area contributed by atoms with Gasteiger partial charge in [0.2, 0.25) is 0 Å². The van der Waals surface area contributed by atoms with Crippen molar-refractivity contribution >= 4 is 34.0 Å². The maximum Gasteiger partial charge on any atom is 0.325 e. The molecule has 0 saturated carbocycles. The number of rotatable bonds is 3. The maximum atomic E-state index is 12.4. The number of halogens is 1. The number of piperidine rings is 1. The molecule has 4 aromatic rings. The van der Waals surface area contributed by atoms with Gasteiger partial charge in [0.05, 0.1) is 5.69 Å². The smallest absolute Gasteiger partial charge is 0.325 e. The van der Waals surface area contributed by atoms with Gasteiger partial charge in [0.25, 0.3) is 0 Å². The number of aromatic amines is 1. The van der Waals surface area contributed by atoms with Gasteiger partial charge in [0.1, 0.15) is 6.04 Å². The first kappa shape index (κ1) is 22.1. The number of carbonyl (C=O) groups is 1. The third kappa shape index (κ3) is 3.95. The summed E-state index contributed by atoms with van der Waals surface area (Å²) in [5, 5.41) is 11.9. The van der Waals surface area contributed by atoms with Crippen LogP contribution in [0.4, 0.5) is 0 Å². The Labute approximate surface area is 209 Å². The first-order valence-electron chi connectivity index (χ1n) is 12.1. The normalized spacial score (nSPS) is 17.1. The summed E-state index contributed by atoms with van der Waals surface area (Å²) in [5.74, 6) is -0.813. The minimum absolute atomic E-state index is 0.677. The molecule has 3 heterocycles. The van der Waals surface area contributed by atoms with E-state index in [-0.39, 0.29) is 0 Å². The zero-order valence-electron chi connectivity index (χ0n) is 19.3. The van der Waals surface area contributed by atoms with E-state index in [0.717, 1.165) is 52.9 Å². The molecule has 6 heteroatoms. The largest absolute Gasteiger partial charge is 0.480 e. The van der Waals surface area contributed by atoms with Gasteiger partial charge in [-0.3, -0.25) is 14.7 Å². The van der Waals surface area contributed by atoms with Crippen molar-refractivity contribution in [3.05, 3.63) is 106 Å². The molecule has 1 atom stereocenters. The Balaban J connectivity index is 1.37. The van der Waals surface area contributed by atoms with E-state index in [2.05, 4.69) is 28.1 Å². The lowest BCUT2D eigenvalue weighted by molar-refractivity contribution is -0.143. The monoisotopic (exact) mass is 483 g/mol. The topological polar surface area (TPSA) is 69.2 Å². The van der Waals surface area contributed by atoms with Crippen LogP contribution in [0.15, 0.2) is 72.6 Å². The van der Waals surface area contributed by atoms with Crippen molar-refractivity contribution in [3.8, 4) is 0 Å². The van der Waals surface area contributed by atoms with Crippen LogP contribution in [0.1, 0.15) is 46.8 Å². The molecular formula is C29H26ClN3O2. The van der Waals surface area contributed by atoms with E-state index < -0.39 is 12.0 Å². The van der Waals surface area contributed by atoms with Crippen molar-refractivity contribution in [3.63, 3.8) is 0 Å². The van der Waals surface area contributed by atoms with Gasteiger partial charge in [-0.05, 0) is 66.6 Å². The van der Waals surface area contributed by atoms with Crippen molar-refractivity contribution in [1.29, 1.82) is 0 Å². The molecule has 0 amide bonds. The number of para-hydroxylation sites is 1. The van der Waals surface area contributed by atoms with Crippen LogP contribution in [-0.4, -0.2) is 39.0 Å². The van der Waals surface area contributed by atoms with Gasteiger partial charge in [-0.1, -0.05) is 47.5 Å². The summed E-state index contributed by atoms with van der Waals surface area (Å²) in [6.45, 7) is 1.36. The van der Waals surface area contributed by atoms with Crippen LogP contribution in [0.3, 0.4) is 0 Å². The van der Waals surface area contributed by atoms with Crippen molar-refractivity contribution < 1.29 is 9.90 Å². The highest BCUT2D eigenvalue weighted by atomic mass is 35.5. The van der Waals surface area contributed by atoms with Gasteiger partial charge in [0.15, 0.2) is 0 Å². The molecule has 0 radical (unpaired) electrons. The van der Waals surface area contributed by atoms with E-state index in [1.54, 1.807) is 0 Å². The molecule has 1 fully saturated rings. The van der Waals surface area contributed by atoms with Gasteiger partial charge in [-0.25, -0.2) is 0 Å². The number of likely N-dealkylation sites (tertiary alicyclic amines) is 1. The minimum Gasteiger partial charge on any atom is -0.480 e. The van der Waals surface area contributed by atoms with Crippen LogP contribution in [0.5, 0.6) is 0 Å². The number of carboxylic acids is 1. The van der Waals surface area contributed by atoms with E-state index in [9.17, 15) is 9.90 Å². The van der Waals surface area contributed by atoms with Gasteiger partial charge in [-0.15, -0.1) is 0 Å². The van der Waals surface area contributed by atoms with Gasteiger partial charge < -0.3 is 10.1 Å². The second kappa shape index (κ2) is 8.99. The second-order valence-corrected chi connectivity index (χ2v) is 9.79. The van der Waals surface area contributed by atoms with Crippen molar-refractivity contribution in [2.45, 2.75) is 31.7 Å². The lowest BCUT2D eigenvalue weighted by Crippen LogP contribution is -2.38. The number of hydrogen-bond acceptors (Lipinski definition) is 3. The standard InChI is InChI=1S/C29H26ClN3O2/c30-21-9-10-22-20(16-21)8-7-19-4-3-13-31-27(19)26(22)18-11-14-33(15-12-18)28(29(34)35)24-17-32-25-6-2-1-5-23(24)25/h1-6,9-10,13,16-17,28,32H,7-8,11-12,14-15H2,(H,34,35). The van der Waals surface area contributed by atoms with Gasteiger partial charge in [-0.2, -0.15) is 0 Å². The molecule has 1 aliphatic carbocycles. The first-order chi connectivity index (χ1) is 17.1. The Morgan fingerprint density at radius 3 is 2.63 bits per heavy atom. The lowest BCUT2D eigenvalue weighted by Gasteiger charge is -2.34. The third-order valence-electron chi connectivity index (χ3n) is 7.40. The number of nitrogens with one attached hydrogen (secondary N) is 1. The number of aromatic nitrogens is 2. The maximum absolute atomic E-state index is 12.4. The van der Waals surface area contributed by atoms with E-state index >= 15 is 0 Å². The molecule has 1 saturated heterocycles. The molecule has 0 bridgehead atoms. The average molecular weight is 484 g/mol. The fourth-order valence-corrected chi connectivity index (χ4v) is 5.94. The molecule has 2 aromatic heterocycles. The molecule has 6 rings (SSSR count). The highest BCUT2D eigenvalue weighted by molar-refractivity contribution is 6.30. The van der Waals surface area contributed by atoms with Gasteiger partial charge in [0, 0.05) is 52.5 Å². The van der Waals surface area contributed by atoms with Crippen molar-refractivity contribution in [2.75, 3.05) is 13.1 Å². The summed E-state index contributed by atoms with van der Waals surface area (Å²) in [4.78, 5) is 22.6. The number of nitrogens with zero attached hydrogens (tertiary/aromatic N) is 2. The molecule has 2 aromatic carbocycles. The van der Waals surface area contributed by atoms with Crippen LogP contribution in [0, 0.1) is 0 Å². The summed E-state index contributed by atoms with van der Waals surface area (Å²) < 4.78 is 0. The first-order valence-corrected chi connectivity index (χ1v) is 12.5. The van der Waals surface area contributed by atoms with E-state index in [0.29, 0.717) is 13.1 Å². The molecule has 176 valence electrons. The Morgan fingerprint density at radius 1 is 1.00 bits per heavy atom. The van der Waals surface area contributed by atoms with E-state index in [4.69, 9.17) is 16.6 Å². The molecule has 1 aliphatic heterocycles.